The molecule has 0 radical (unpaired) electrons. The van der Waals surface area contributed by atoms with Crippen LogP contribution >= 0.6 is 0 Å². The normalized spacial score (nSPS) is 15.5. The van der Waals surface area contributed by atoms with E-state index in [1.54, 1.807) is 0 Å². The van der Waals surface area contributed by atoms with Gasteiger partial charge in [0.2, 0.25) is 0 Å². The number of aromatic nitrogens is 1. The molecule has 11 aromatic carbocycles. The van der Waals surface area contributed by atoms with Crippen molar-refractivity contribution in [3.05, 3.63) is 294 Å². The van der Waals surface area contributed by atoms with Crippen LogP contribution in [0.5, 0.6) is 0 Å². The van der Waals surface area contributed by atoms with Crippen molar-refractivity contribution in [2.45, 2.75) is 12.8 Å². The van der Waals surface area contributed by atoms with Gasteiger partial charge < -0.3 is 4.57 Å². The van der Waals surface area contributed by atoms with Crippen LogP contribution in [-0.4, -0.2) is 4.57 Å². The largest absolute Gasteiger partial charge is 0.310 e. The number of para-hydroxylation sites is 1. The highest BCUT2D eigenvalue weighted by Crippen LogP contribution is 2.53. The molecule has 12 aromatic rings. The zero-order valence-corrected chi connectivity index (χ0v) is 40.1. The molecule has 0 amide bonds. The van der Waals surface area contributed by atoms with E-state index in [4.69, 9.17) is 0 Å². The standard InChI is InChI=1S/C71H49N/c1-3-4-24-55-45(2)68(58-31-17-23-48-20-9-10-25-56(48)58)59-27-11-12-28-60(59)69(55)53-37-40-67-64(43-53)57-26-15-16-32-66(57)72(67)54-38-39-63-65(44-54)71(52-36-34-47-19-6-8-22-50(47)42-52)62-30-14-13-29-61(62)70(63)51-35-33-46-18-5-7-21-49(46)41-51/h3-44,65,71H,1H2,2H3/b24-4-. The number of rotatable bonds is 7. The van der Waals surface area contributed by atoms with Gasteiger partial charge in [-0.15, -0.1) is 0 Å². The Morgan fingerprint density at radius 3 is 1.88 bits per heavy atom. The highest BCUT2D eigenvalue weighted by atomic mass is 15.0. The molecule has 2 atom stereocenters. The Morgan fingerprint density at radius 2 is 1.07 bits per heavy atom. The molecule has 1 aromatic heterocycles. The van der Waals surface area contributed by atoms with Crippen molar-refractivity contribution in [1.29, 1.82) is 0 Å². The van der Waals surface area contributed by atoms with E-state index in [9.17, 15) is 0 Å². The van der Waals surface area contributed by atoms with Crippen LogP contribution in [-0.2, 0) is 0 Å². The van der Waals surface area contributed by atoms with Crippen LogP contribution in [0.25, 0.3) is 104 Å². The summed E-state index contributed by atoms with van der Waals surface area (Å²) in [5.74, 6) is 0.159. The van der Waals surface area contributed by atoms with Gasteiger partial charge in [0.05, 0.1) is 11.0 Å². The molecule has 0 saturated heterocycles. The molecule has 0 saturated carbocycles. The summed E-state index contributed by atoms with van der Waals surface area (Å²) in [7, 11) is 0. The molecule has 1 nitrogen and oxygen atoms in total. The second-order valence-corrected chi connectivity index (χ2v) is 19.6. The van der Waals surface area contributed by atoms with Crippen molar-refractivity contribution in [3.63, 3.8) is 0 Å². The fourth-order valence-electron chi connectivity index (χ4n) is 12.6. The summed E-state index contributed by atoms with van der Waals surface area (Å²) in [5, 5.41) is 12.5. The second kappa shape index (κ2) is 16.8. The third-order valence-corrected chi connectivity index (χ3v) is 15.7. The first-order chi connectivity index (χ1) is 35.6. The van der Waals surface area contributed by atoms with Gasteiger partial charge in [0.25, 0.3) is 0 Å². The van der Waals surface area contributed by atoms with E-state index in [2.05, 4.69) is 267 Å². The van der Waals surface area contributed by atoms with Crippen molar-refractivity contribution in [3.8, 4) is 22.3 Å². The molecule has 0 fully saturated rings. The van der Waals surface area contributed by atoms with Crippen LogP contribution in [0.15, 0.2) is 261 Å². The summed E-state index contributed by atoms with van der Waals surface area (Å²) in [6.07, 6.45) is 13.6. The van der Waals surface area contributed by atoms with Crippen LogP contribution in [0.4, 0.5) is 0 Å². The average Bonchev–Trinajstić information content (AvgIpc) is 3.77. The van der Waals surface area contributed by atoms with E-state index in [1.807, 2.05) is 6.08 Å². The molecule has 0 spiro atoms. The molecular weight excluding hydrogens is 867 g/mol. The molecule has 14 rings (SSSR count). The average molecular weight is 916 g/mol. The summed E-state index contributed by atoms with van der Waals surface area (Å²) in [4.78, 5) is 0. The highest BCUT2D eigenvalue weighted by Gasteiger charge is 2.37. The number of allylic oxidation sites excluding steroid dienone is 7. The number of benzene rings is 11. The lowest BCUT2D eigenvalue weighted by molar-refractivity contribution is 0.649. The lowest BCUT2D eigenvalue weighted by Crippen LogP contribution is -2.24. The number of hydrogen-bond donors (Lipinski definition) is 0. The van der Waals surface area contributed by atoms with Crippen LogP contribution in [0.1, 0.15) is 39.3 Å². The van der Waals surface area contributed by atoms with Crippen LogP contribution < -0.4 is 0 Å². The number of nitrogens with zero attached hydrogens (tertiary/aromatic N) is 1. The van der Waals surface area contributed by atoms with Gasteiger partial charge in [-0.05, 0) is 147 Å². The van der Waals surface area contributed by atoms with Crippen molar-refractivity contribution in [1.82, 2.24) is 4.57 Å². The summed E-state index contributed by atoms with van der Waals surface area (Å²) in [5.41, 5.74) is 18.9. The van der Waals surface area contributed by atoms with Gasteiger partial charge in [0, 0.05) is 28.3 Å². The van der Waals surface area contributed by atoms with Crippen LogP contribution in [0.2, 0.25) is 0 Å². The lowest BCUT2D eigenvalue weighted by Gasteiger charge is -2.38. The first-order valence-electron chi connectivity index (χ1n) is 25.2. The molecule has 0 bridgehead atoms. The zero-order valence-electron chi connectivity index (χ0n) is 40.1. The maximum atomic E-state index is 4.11. The molecule has 1 heterocycles. The third kappa shape index (κ3) is 6.55. The Labute approximate surface area is 420 Å². The predicted molar refractivity (Wildman–Crippen MR) is 308 cm³/mol. The summed E-state index contributed by atoms with van der Waals surface area (Å²) in [6, 6.07) is 81.3. The van der Waals surface area contributed by atoms with Gasteiger partial charge in [-0.3, -0.25) is 0 Å². The lowest BCUT2D eigenvalue weighted by atomic mass is 9.66. The predicted octanol–water partition coefficient (Wildman–Crippen LogP) is 18.9. The molecule has 338 valence electrons. The van der Waals surface area contributed by atoms with Gasteiger partial charge >= 0.3 is 0 Å². The first-order valence-corrected chi connectivity index (χ1v) is 25.2. The van der Waals surface area contributed by atoms with Gasteiger partial charge in [-0.25, -0.2) is 0 Å². The van der Waals surface area contributed by atoms with Gasteiger partial charge in [0.15, 0.2) is 0 Å². The van der Waals surface area contributed by atoms with Gasteiger partial charge in [-0.2, -0.15) is 0 Å². The smallest absolute Gasteiger partial charge is 0.0541 e. The molecule has 2 aliphatic carbocycles. The zero-order chi connectivity index (χ0) is 47.9. The molecule has 2 aliphatic rings. The Morgan fingerprint density at radius 1 is 0.458 bits per heavy atom. The van der Waals surface area contributed by atoms with E-state index in [-0.39, 0.29) is 11.8 Å². The highest BCUT2D eigenvalue weighted by molar-refractivity contribution is 6.16. The van der Waals surface area contributed by atoms with Crippen molar-refractivity contribution >= 4 is 82.2 Å². The minimum absolute atomic E-state index is 0.0619. The summed E-state index contributed by atoms with van der Waals surface area (Å²) >= 11 is 0. The maximum Gasteiger partial charge on any atom is 0.0541 e. The topological polar surface area (TPSA) is 4.93 Å². The van der Waals surface area contributed by atoms with E-state index in [1.165, 1.54) is 137 Å². The van der Waals surface area contributed by atoms with Crippen LogP contribution in [0.3, 0.4) is 0 Å². The van der Waals surface area contributed by atoms with Crippen molar-refractivity contribution in [2.75, 3.05) is 0 Å². The van der Waals surface area contributed by atoms with Crippen molar-refractivity contribution < 1.29 is 0 Å². The van der Waals surface area contributed by atoms with E-state index in [0.29, 0.717) is 0 Å². The van der Waals surface area contributed by atoms with Gasteiger partial charge in [-0.1, -0.05) is 231 Å². The van der Waals surface area contributed by atoms with E-state index in [0.717, 1.165) is 0 Å². The monoisotopic (exact) mass is 915 g/mol. The van der Waals surface area contributed by atoms with E-state index >= 15 is 0 Å². The van der Waals surface area contributed by atoms with E-state index < -0.39 is 0 Å². The Hall–Kier alpha value is -9.04. The Kier molecular flexibility index (Phi) is 9.79. The third-order valence-electron chi connectivity index (χ3n) is 15.7. The minimum Gasteiger partial charge on any atom is -0.310 e. The maximum absolute atomic E-state index is 4.11. The number of hydrogen-bond acceptors (Lipinski definition) is 0. The molecule has 0 N–H and O–H groups in total. The second-order valence-electron chi connectivity index (χ2n) is 19.6. The summed E-state index contributed by atoms with van der Waals surface area (Å²) in [6.45, 7) is 6.41. The fourth-order valence-corrected chi connectivity index (χ4v) is 12.6. The first kappa shape index (κ1) is 41.9. The number of fused-ring (bicyclic) bond motifs is 9. The minimum atomic E-state index is 0.0619. The molecular formula is C71H49N. The summed E-state index contributed by atoms with van der Waals surface area (Å²) < 4.78 is 2.51. The Bertz CT molecular complexity index is 4370. The molecule has 0 aliphatic heterocycles. The molecule has 72 heavy (non-hydrogen) atoms. The Balaban J connectivity index is 0.984. The van der Waals surface area contributed by atoms with Crippen molar-refractivity contribution in [2.24, 2.45) is 5.92 Å². The molecule has 1 heteroatoms. The van der Waals surface area contributed by atoms with Crippen LogP contribution in [0, 0.1) is 12.8 Å². The quantitative estimate of drug-likeness (QED) is 0.140. The SMILES string of the molecule is C=C/C=C\c1c(C)c(-c2cccc3ccccc23)c2ccccc2c1-c1ccc2c(c1)c1ccccc1n2C1=CC2C(=C(c3ccc4ccccc4c3)c3ccccc3C2c2ccc3ccccc3c2)C=C1. The fraction of sp³-hybridized carbons (Fsp3) is 0.0423. The molecule has 2 unspecified atom stereocenters. The van der Waals surface area contributed by atoms with Gasteiger partial charge in [0.1, 0.15) is 0 Å².